The molecule has 0 bridgehead atoms. The highest BCUT2D eigenvalue weighted by Gasteiger charge is 2.23. The Kier molecular flexibility index (Phi) is 4.69. The number of esters is 1. The zero-order chi connectivity index (χ0) is 12.8. The van der Waals surface area contributed by atoms with Crippen molar-refractivity contribution in [3.63, 3.8) is 0 Å². The topological polar surface area (TPSA) is 63.6 Å². The Hall–Kier alpha value is -1.84. The Labute approximate surface area is 100 Å². The van der Waals surface area contributed by atoms with Crippen molar-refractivity contribution < 1.29 is 19.4 Å². The van der Waals surface area contributed by atoms with Crippen LogP contribution in [0.1, 0.15) is 19.4 Å². The van der Waals surface area contributed by atoms with E-state index in [1.165, 1.54) is 0 Å². The molecule has 0 fully saturated rings. The summed E-state index contributed by atoms with van der Waals surface area (Å²) in [4.78, 5) is 22.3. The molecule has 1 unspecified atom stereocenters. The standard InChI is InChI=1S/C13H16O4/c1-9(2)13(16)17-11(12(14)15)8-10-6-4-3-5-7-10/h3-7,9,11H,8H2,1-2H3,(H,14,15). The molecule has 1 aromatic carbocycles. The molecule has 0 aliphatic heterocycles. The molecule has 92 valence electrons. The SMILES string of the molecule is CC(C)C(=O)OC(Cc1ccccc1)C(=O)O. The van der Waals surface area contributed by atoms with Gasteiger partial charge in [-0.05, 0) is 5.56 Å². The highest BCUT2D eigenvalue weighted by Crippen LogP contribution is 2.09. The molecular weight excluding hydrogens is 220 g/mol. The van der Waals surface area contributed by atoms with Crippen molar-refractivity contribution in [2.75, 3.05) is 0 Å². The number of hydrogen-bond acceptors (Lipinski definition) is 3. The molecule has 1 N–H and O–H groups in total. The van der Waals surface area contributed by atoms with Gasteiger partial charge in [0.1, 0.15) is 0 Å². The van der Waals surface area contributed by atoms with Gasteiger partial charge in [0, 0.05) is 6.42 Å². The maximum absolute atomic E-state index is 11.4. The highest BCUT2D eigenvalue weighted by molar-refractivity contribution is 5.79. The summed E-state index contributed by atoms with van der Waals surface area (Å²) in [6, 6.07) is 9.09. The summed E-state index contributed by atoms with van der Waals surface area (Å²) in [7, 11) is 0. The summed E-state index contributed by atoms with van der Waals surface area (Å²) >= 11 is 0. The zero-order valence-electron chi connectivity index (χ0n) is 9.92. The largest absolute Gasteiger partial charge is 0.478 e. The van der Waals surface area contributed by atoms with Crippen LogP contribution in [0, 0.1) is 5.92 Å². The summed E-state index contributed by atoms with van der Waals surface area (Å²) in [5.74, 6) is -1.94. The monoisotopic (exact) mass is 236 g/mol. The van der Waals surface area contributed by atoms with Crippen LogP contribution in [-0.4, -0.2) is 23.1 Å². The number of carboxylic acid groups (broad SMARTS) is 1. The lowest BCUT2D eigenvalue weighted by Gasteiger charge is -2.15. The maximum atomic E-state index is 11.4. The van der Waals surface area contributed by atoms with Gasteiger partial charge in [0.25, 0.3) is 0 Å². The molecule has 0 spiro atoms. The normalized spacial score (nSPS) is 12.2. The van der Waals surface area contributed by atoms with Crippen LogP contribution < -0.4 is 0 Å². The number of carboxylic acids is 1. The van der Waals surface area contributed by atoms with E-state index in [-0.39, 0.29) is 12.3 Å². The summed E-state index contributed by atoms with van der Waals surface area (Å²) in [5.41, 5.74) is 0.830. The van der Waals surface area contributed by atoms with E-state index in [4.69, 9.17) is 9.84 Å². The van der Waals surface area contributed by atoms with Crippen molar-refractivity contribution in [1.29, 1.82) is 0 Å². The van der Waals surface area contributed by atoms with Gasteiger partial charge >= 0.3 is 11.9 Å². The van der Waals surface area contributed by atoms with Crippen molar-refractivity contribution in [3.05, 3.63) is 35.9 Å². The van der Waals surface area contributed by atoms with Gasteiger partial charge in [-0.1, -0.05) is 44.2 Å². The minimum atomic E-state index is -1.12. The molecule has 4 nitrogen and oxygen atoms in total. The zero-order valence-corrected chi connectivity index (χ0v) is 9.92. The van der Waals surface area contributed by atoms with Gasteiger partial charge in [0.2, 0.25) is 6.10 Å². The Morgan fingerprint density at radius 2 is 1.82 bits per heavy atom. The lowest BCUT2D eigenvalue weighted by atomic mass is 10.1. The quantitative estimate of drug-likeness (QED) is 0.793. The average Bonchev–Trinajstić information content (AvgIpc) is 2.29. The second-order valence-electron chi connectivity index (χ2n) is 4.11. The summed E-state index contributed by atoms with van der Waals surface area (Å²) < 4.78 is 4.94. The first-order chi connectivity index (χ1) is 8.00. The van der Waals surface area contributed by atoms with Gasteiger partial charge in [0.15, 0.2) is 0 Å². The van der Waals surface area contributed by atoms with Crippen LogP contribution in [0.25, 0.3) is 0 Å². The predicted molar refractivity (Wildman–Crippen MR) is 62.5 cm³/mol. The Balaban J connectivity index is 2.68. The van der Waals surface area contributed by atoms with Crippen molar-refractivity contribution in [3.8, 4) is 0 Å². The van der Waals surface area contributed by atoms with E-state index in [2.05, 4.69) is 0 Å². The van der Waals surface area contributed by atoms with Crippen LogP contribution in [0.3, 0.4) is 0 Å². The molecule has 0 saturated heterocycles. The molecule has 0 radical (unpaired) electrons. The van der Waals surface area contributed by atoms with Crippen molar-refractivity contribution >= 4 is 11.9 Å². The summed E-state index contributed by atoms with van der Waals surface area (Å²) in [5, 5.41) is 8.99. The van der Waals surface area contributed by atoms with Crippen LogP contribution in [0.15, 0.2) is 30.3 Å². The molecule has 17 heavy (non-hydrogen) atoms. The Bertz CT molecular complexity index is 384. The van der Waals surface area contributed by atoms with Gasteiger partial charge in [-0.2, -0.15) is 0 Å². The minimum absolute atomic E-state index is 0.189. The molecule has 1 aromatic rings. The second kappa shape index (κ2) is 6.03. The summed E-state index contributed by atoms with van der Waals surface area (Å²) in [6.45, 7) is 3.34. The third-order valence-electron chi connectivity index (χ3n) is 2.27. The molecule has 0 amide bonds. The van der Waals surface area contributed by atoms with Gasteiger partial charge in [-0.15, -0.1) is 0 Å². The van der Waals surface area contributed by atoms with E-state index < -0.39 is 18.0 Å². The molecule has 1 rings (SSSR count). The lowest BCUT2D eigenvalue weighted by Crippen LogP contribution is -2.30. The number of rotatable bonds is 5. The molecule has 1 atom stereocenters. The molecule has 4 heteroatoms. The van der Waals surface area contributed by atoms with Crippen LogP contribution in [-0.2, 0) is 20.7 Å². The van der Waals surface area contributed by atoms with Gasteiger partial charge in [0.05, 0.1) is 5.92 Å². The summed E-state index contributed by atoms with van der Waals surface area (Å²) in [6.07, 6.45) is -0.929. The van der Waals surface area contributed by atoms with Crippen LogP contribution in [0.5, 0.6) is 0 Å². The van der Waals surface area contributed by atoms with E-state index in [0.29, 0.717) is 0 Å². The molecule has 0 saturated carbocycles. The highest BCUT2D eigenvalue weighted by atomic mass is 16.6. The van der Waals surface area contributed by atoms with E-state index in [9.17, 15) is 9.59 Å². The van der Waals surface area contributed by atoms with Gasteiger partial charge < -0.3 is 9.84 Å². The van der Waals surface area contributed by atoms with E-state index >= 15 is 0 Å². The van der Waals surface area contributed by atoms with Crippen molar-refractivity contribution in [2.24, 2.45) is 5.92 Å². The molecule has 0 aliphatic rings. The maximum Gasteiger partial charge on any atom is 0.345 e. The number of benzene rings is 1. The number of aliphatic carboxylic acids is 1. The third-order valence-corrected chi connectivity index (χ3v) is 2.27. The Morgan fingerprint density at radius 1 is 1.24 bits per heavy atom. The first kappa shape index (κ1) is 13.2. The Morgan fingerprint density at radius 3 is 2.29 bits per heavy atom. The van der Waals surface area contributed by atoms with E-state index in [1.54, 1.807) is 26.0 Å². The van der Waals surface area contributed by atoms with E-state index in [0.717, 1.165) is 5.56 Å². The van der Waals surface area contributed by atoms with Crippen LogP contribution >= 0.6 is 0 Å². The number of ether oxygens (including phenoxy) is 1. The minimum Gasteiger partial charge on any atom is -0.478 e. The van der Waals surface area contributed by atoms with Crippen molar-refractivity contribution in [2.45, 2.75) is 26.4 Å². The fourth-order valence-corrected chi connectivity index (χ4v) is 1.28. The molecular formula is C13H16O4. The first-order valence-electron chi connectivity index (χ1n) is 5.48. The fraction of sp³-hybridized carbons (Fsp3) is 0.385. The molecule has 0 aliphatic carbocycles. The third kappa shape index (κ3) is 4.26. The van der Waals surface area contributed by atoms with Crippen molar-refractivity contribution in [1.82, 2.24) is 0 Å². The number of carbonyl (C=O) groups is 2. The average molecular weight is 236 g/mol. The second-order valence-corrected chi connectivity index (χ2v) is 4.11. The molecule has 0 aromatic heterocycles. The van der Waals surface area contributed by atoms with Crippen LogP contribution in [0.2, 0.25) is 0 Å². The lowest BCUT2D eigenvalue weighted by molar-refractivity contribution is -0.166. The van der Waals surface area contributed by atoms with Crippen LogP contribution in [0.4, 0.5) is 0 Å². The van der Waals surface area contributed by atoms with Gasteiger partial charge in [-0.3, -0.25) is 4.79 Å². The van der Waals surface area contributed by atoms with Gasteiger partial charge in [-0.25, -0.2) is 4.79 Å². The first-order valence-corrected chi connectivity index (χ1v) is 5.48. The predicted octanol–water partition coefficient (Wildman–Crippen LogP) is 1.88. The number of hydrogen-bond donors (Lipinski definition) is 1. The van der Waals surface area contributed by atoms with E-state index in [1.807, 2.05) is 18.2 Å². The number of carbonyl (C=O) groups excluding carboxylic acids is 1. The fourth-order valence-electron chi connectivity index (χ4n) is 1.28. The molecule has 0 heterocycles. The smallest absolute Gasteiger partial charge is 0.345 e.